The molecule has 3 aliphatic rings. The summed E-state index contributed by atoms with van der Waals surface area (Å²) in [6.07, 6.45) is 47.7. The highest BCUT2D eigenvalue weighted by Gasteiger charge is 2.53. The summed E-state index contributed by atoms with van der Waals surface area (Å²) in [5.74, 6) is -0.284. The Labute approximate surface area is 586 Å². The van der Waals surface area contributed by atoms with Crippen LogP contribution in [0.2, 0.25) is 0 Å². The third-order valence-electron chi connectivity index (χ3n) is 19.3. The lowest BCUT2D eigenvalue weighted by Gasteiger charge is -2.48. The fourth-order valence-corrected chi connectivity index (χ4v) is 13.0. The molecule has 3 rings (SSSR count). The lowest BCUT2D eigenvalue weighted by Crippen LogP contribution is -2.66. The van der Waals surface area contributed by atoms with Gasteiger partial charge in [0.2, 0.25) is 5.91 Å². The number of ether oxygens (including phenoxy) is 6. The fraction of sp³-hybridized carbons (Fsp3) is 0.859. The normalized spacial score (nSPS) is 27.2. The number of allylic oxidation sites excluding steroid dienone is 9. The number of amides is 1. The second-order valence-electron chi connectivity index (χ2n) is 27.8. The zero-order chi connectivity index (χ0) is 70.4. The highest BCUT2D eigenvalue weighted by atomic mass is 16.8. The molecule has 1 amide bonds. The van der Waals surface area contributed by atoms with Crippen LogP contribution in [0, 0.1) is 0 Å². The van der Waals surface area contributed by atoms with Crippen molar-refractivity contribution >= 4 is 5.91 Å². The van der Waals surface area contributed by atoms with Crippen LogP contribution in [0.1, 0.15) is 296 Å². The summed E-state index contributed by atoms with van der Waals surface area (Å²) in [5.41, 5.74) is 0. The van der Waals surface area contributed by atoms with Gasteiger partial charge in [0, 0.05) is 6.42 Å². The largest absolute Gasteiger partial charge is 0.394 e. The van der Waals surface area contributed by atoms with Gasteiger partial charge in [-0.05, 0) is 70.6 Å². The quantitative estimate of drug-likeness (QED) is 0.0199. The molecular weight excluding hydrogens is 1240 g/mol. The Kier molecular flexibility index (Phi) is 53.9. The molecule has 17 unspecified atom stereocenters. The van der Waals surface area contributed by atoms with Gasteiger partial charge >= 0.3 is 0 Å². The Balaban J connectivity index is 1.40. The van der Waals surface area contributed by atoms with Crippen LogP contribution in [0.5, 0.6) is 0 Å². The van der Waals surface area contributed by atoms with Crippen LogP contribution in [0.25, 0.3) is 0 Å². The first-order valence-electron chi connectivity index (χ1n) is 39.0. The monoisotopic (exact) mass is 1380 g/mol. The van der Waals surface area contributed by atoms with Gasteiger partial charge in [-0.3, -0.25) is 4.79 Å². The number of aliphatic hydroxyl groups is 11. The summed E-state index contributed by atoms with van der Waals surface area (Å²) in [4.78, 5) is 13.5. The molecule has 0 aromatic heterocycles. The Hall–Kier alpha value is -2.51. The number of hydrogen-bond acceptors (Lipinski definition) is 18. The van der Waals surface area contributed by atoms with E-state index in [-0.39, 0.29) is 18.9 Å². The van der Waals surface area contributed by atoms with E-state index in [9.17, 15) is 61.0 Å². The first-order chi connectivity index (χ1) is 47.3. The van der Waals surface area contributed by atoms with Crippen LogP contribution in [-0.2, 0) is 33.2 Å². The van der Waals surface area contributed by atoms with Gasteiger partial charge in [0.25, 0.3) is 0 Å². The first kappa shape index (κ1) is 88.7. The Morgan fingerprint density at radius 2 is 0.691 bits per heavy atom. The fourth-order valence-electron chi connectivity index (χ4n) is 13.0. The molecule has 0 saturated carbocycles. The van der Waals surface area contributed by atoms with Gasteiger partial charge in [-0.25, -0.2) is 0 Å². The number of unbranched alkanes of at least 4 members (excludes halogenated alkanes) is 37. The van der Waals surface area contributed by atoms with Gasteiger partial charge in [0.05, 0.1) is 38.6 Å². The van der Waals surface area contributed by atoms with Crippen LogP contribution < -0.4 is 5.32 Å². The van der Waals surface area contributed by atoms with Crippen molar-refractivity contribution in [3.63, 3.8) is 0 Å². The summed E-state index contributed by atoms with van der Waals surface area (Å²) in [5, 5.41) is 121. The molecule has 0 spiro atoms. The average molecular weight is 1380 g/mol. The maximum Gasteiger partial charge on any atom is 0.220 e. The maximum atomic E-state index is 13.5. The van der Waals surface area contributed by atoms with E-state index in [1.165, 1.54) is 212 Å². The minimum atomic E-state index is -1.98. The third-order valence-corrected chi connectivity index (χ3v) is 19.3. The molecule has 17 atom stereocenters. The van der Waals surface area contributed by atoms with Gasteiger partial charge in [-0.1, -0.05) is 280 Å². The molecule has 12 N–H and O–H groups in total. The topological polar surface area (TPSA) is 307 Å². The van der Waals surface area contributed by atoms with Crippen LogP contribution in [0.4, 0.5) is 0 Å². The lowest BCUT2D eigenvalue weighted by atomic mass is 9.96. The summed E-state index contributed by atoms with van der Waals surface area (Å²) >= 11 is 0. The van der Waals surface area contributed by atoms with Crippen molar-refractivity contribution in [1.29, 1.82) is 0 Å². The van der Waals surface area contributed by atoms with E-state index in [1.807, 2.05) is 6.08 Å². The standard InChI is InChI=1S/C78H141NO18/c1-3-5-7-9-11-13-15-17-19-21-23-25-27-28-29-30-31-32-34-36-38-40-42-44-46-48-50-52-54-56-66(84)79-61(62(83)55-53-51-49-47-45-43-41-39-37-35-33-26-24-22-20-18-16-14-12-10-8-6-4-2)60-92-76-72(90)69(87)74(64(58-81)94-76)97-78-73(91)70(88)75(65(59-82)95-78)96-77-71(89)68(86)67(85)63(57-80)93-77/h15,17,21,23,27-28,45,47,53,55,61-65,67-78,80-83,85-91H,3-14,16,18-20,22,24-26,29-44,46,48-52,54,56-60H2,1-2H3,(H,79,84)/b17-15-,23-21-,28-27-,47-45+,55-53+. The van der Waals surface area contributed by atoms with Crippen molar-refractivity contribution < 1.29 is 89.4 Å². The Morgan fingerprint density at radius 3 is 1.10 bits per heavy atom. The highest BCUT2D eigenvalue weighted by molar-refractivity contribution is 5.76. The Bertz CT molecular complexity index is 1990. The van der Waals surface area contributed by atoms with Crippen molar-refractivity contribution in [1.82, 2.24) is 5.32 Å². The van der Waals surface area contributed by atoms with Gasteiger partial charge in [0.1, 0.15) is 73.2 Å². The van der Waals surface area contributed by atoms with Crippen LogP contribution >= 0.6 is 0 Å². The highest BCUT2D eigenvalue weighted by Crippen LogP contribution is 2.33. The second kappa shape index (κ2) is 58.9. The van der Waals surface area contributed by atoms with E-state index >= 15 is 0 Å². The van der Waals surface area contributed by atoms with E-state index in [1.54, 1.807) is 6.08 Å². The third kappa shape index (κ3) is 39.6. The number of rotatable bonds is 61. The van der Waals surface area contributed by atoms with Crippen LogP contribution in [-0.4, -0.2) is 193 Å². The van der Waals surface area contributed by atoms with Gasteiger partial charge < -0.3 is 89.9 Å². The second-order valence-corrected chi connectivity index (χ2v) is 27.8. The minimum absolute atomic E-state index is 0.234. The summed E-state index contributed by atoms with van der Waals surface area (Å²) < 4.78 is 34.4. The average Bonchev–Trinajstić information content (AvgIpc) is 0.789. The molecule has 0 aromatic carbocycles. The summed E-state index contributed by atoms with van der Waals surface area (Å²) in [7, 11) is 0. The van der Waals surface area contributed by atoms with E-state index in [0.29, 0.717) is 12.8 Å². The predicted octanol–water partition coefficient (Wildman–Crippen LogP) is 12.3. The van der Waals surface area contributed by atoms with Gasteiger partial charge in [-0.15, -0.1) is 0 Å². The number of aliphatic hydroxyl groups excluding tert-OH is 11. The van der Waals surface area contributed by atoms with Crippen molar-refractivity contribution in [2.24, 2.45) is 0 Å². The lowest BCUT2D eigenvalue weighted by molar-refractivity contribution is -0.379. The molecule has 0 aromatic rings. The number of hydrogen-bond donors (Lipinski definition) is 12. The maximum absolute atomic E-state index is 13.5. The number of nitrogens with one attached hydrogen (secondary N) is 1. The van der Waals surface area contributed by atoms with E-state index in [0.717, 1.165) is 51.4 Å². The molecule has 0 radical (unpaired) electrons. The summed E-state index contributed by atoms with van der Waals surface area (Å²) in [6, 6.07) is -0.994. The van der Waals surface area contributed by atoms with Crippen LogP contribution in [0.3, 0.4) is 0 Å². The minimum Gasteiger partial charge on any atom is -0.394 e. The van der Waals surface area contributed by atoms with Crippen molar-refractivity contribution in [2.75, 3.05) is 26.4 Å². The van der Waals surface area contributed by atoms with Crippen molar-refractivity contribution in [2.45, 2.75) is 401 Å². The summed E-state index contributed by atoms with van der Waals surface area (Å²) in [6.45, 7) is 1.74. The SMILES string of the molecule is CCCCCCC/C=C\C/C=C\C/C=C\CCCCCCCCCCCCCCCCC(=O)NC(COC1OC(CO)C(OC2OC(CO)C(OC3OC(CO)C(O)C(O)C3O)C(O)C2O)C(O)C1O)C(O)/C=C/CC/C=C/CCCCCCCCCCCCCCCCCCC. The molecule has 0 aliphatic carbocycles. The first-order valence-corrected chi connectivity index (χ1v) is 39.0. The van der Waals surface area contributed by atoms with E-state index in [2.05, 4.69) is 67.8 Å². The van der Waals surface area contributed by atoms with Crippen molar-refractivity contribution in [3.8, 4) is 0 Å². The van der Waals surface area contributed by atoms with Gasteiger partial charge in [0.15, 0.2) is 18.9 Å². The molecule has 97 heavy (non-hydrogen) atoms. The van der Waals surface area contributed by atoms with Crippen LogP contribution in [0.15, 0.2) is 60.8 Å². The van der Waals surface area contributed by atoms with Crippen molar-refractivity contribution in [3.05, 3.63) is 60.8 Å². The molecule has 3 fully saturated rings. The molecule has 566 valence electrons. The molecule has 19 heteroatoms. The van der Waals surface area contributed by atoms with Gasteiger partial charge in [-0.2, -0.15) is 0 Å². The Morgan fingerprint density at radius 1 is 0.371 bits per heavy atom. The number of carbonyl (C=O) groups is 1. The molecule has 3 saturated heterocycles. The molecule has 3 aliphatic heterocycles. The molecule has 0 bridgehead atoms. The zero-order valence-corrected chi connectivity index (χ0v) is 60.3. The number of carbonyl (C=O) groups excluding carboxylic acids is 1. The predicted molar refractivity (Wildman–Crippen MR) is 383 cm³/mol. The molecule has 3 heterocycles. The van der Waals surface area contributed by atoms with E-state index < -0.39 is 124 Å². The molecule has 19 nitrogen and oxygen atoms in total. The zero-order valence-electron chi connectivity index (χ0n) is 60.3. The smallest absolute Gasteiger partial charge is 0.220 e. The van der Waals surface area contributed by atoms with E-state index in [4.69, 9.17) is 28.4 Å². The molecular formula is C78H141NO18.